The molecule has 1 aromatic heterocycles. The number of nitrogens with one attached hydrogen (secondary N) is 1. The zero-order valence-electron chi connectivity index (χ0n) is 18.5. The molecule has 0 bridgehead atoms. The first-order valence-corrected chi connectivity index (χ1v) is 10.9. The second-order valence-corrected chi connectivity index (χ2v) is 8.43. The summed E-state index contributed by atoms with van der Waals surface area (Å²) in [5.41, 5.74) is 3.47. The van der Waals surface area contributed by atoms with Gasteiger partial charge < -0.3 is 14.0 Å². The van der Waals surface area contributed by atoms with E-state index in [-0.39, 0.29) is 6.10 Å². The van der Waals surface area contributed by atoms with Gasteiger partial charge in [-0.3, -0.25) is 5.32 Å². The molecule has 3 aromatic rings. The van der Waals surface area contributed by atoms with Crippen molar-refractivity contribution in [3.05, 3.63) is 48.0 Å². The Labute approximate surface area is 190 Å². The lowest BCUT2D eigenvalue weighted by atomic mass is 10.1. The summed E-state index contributed by atoms with van der Waals surface area (Å²) in [6, 6.07) is 14.6. The first-order chi connectivity index (χ1) is 15.9. The first-order valence-electron chi connectivity index (χ1n) is 10.9. The number of fused-ring (bicyclic) bond motifs is 1. The third kappa shape index (κ3) is 5.25. The van der Waals surface area contributed by atoms with Crippen molar-refractivity contribution in [2.75, 3.05) is 11.9 Å². The quantitative estimate of drug-likeness (QED) is 0.441. The summed E-state index contributed by atoms with van der Waals surface area (Å²) < 4.78 is 37.6. The lowest BCUT2D eigenvalue weighted by Gasteiger charge is -2.13. The summed E-state index contributed by atoms with van der Waals surface area (Å²) in [5.74, 6) is 0.861. The van der Waals surface area contributed by atoms with Crippen molar-refractivity contribution in [3.63, 3.8) is 0 Å². The molecule has 0 atom stereocenters. The minimum Gasteiger partial charge on any atom is -0.488 e. The molecule has 6 nitrogen and oxygen atoms in total. The van der Waals surface area contributed by atoms with Gasteiger partial charge in [0.15, 0.2) is 0 Å². The molecule has 1 saturated carbocycles. The number of alkyl halides is 2. The maximum atomic E-state index is 12.6. The summed E-state index contributed by atoms with van der Waals surface area (Å²) >= 11 is 0. The van der Waals surface area contributed by atoms with E-state index in [0.29, 0.717) is 22.9 Å². The van der Waals surface area contributed by atoms with Crippen LogP contribution in [0.1, 0.15) is 32.3 Å². The van der Waals surface area contributed by atoms with E-state index in [1.807, 2.05) is 12.1 Å². The summed E-state index contributed by atoms with van der Waals surface area (Å²) in [6.45, 7) is 3.59. The second-order valence-electron chi connectivity index (χ2n) is 8.43. The van der Waals surface area contributed by atoms with Crippen LogP contribution in [0.2, 0.25) is 0 Å². The van der Waals surface area contributed by atoms with Gasteiger partial charge in [0.2, 0.25) is 0 Å². The Morgan fingerprint density at radius 3 is 2.55 bits per heavy atom. The molecule has 1 heterocycles. The fourth-order valence-electron chi connectivity index (χ4n) is 3.81. The smallest absolute Gasteiger partial charge is 0.411 e. The fourth-order valence-corrected chi connectivity index (χ4v) is 3.81. The van der Waals surface area contributed by atoms with Crippen molar-refractivity contribution in [2.45, 2.75) is 45.8 Å². The van der Waals surface area contributed by atoms with E-state index in [4.69, 9.17) is 9.47 Å². The molecule has 33 heavy (non-hydrogen) atoms. The van der Waals surface area contributed by atoms with Crippen LogP contribution >= 0.6 is 0 Å². The molecule has 1 N–H and O–H groups in total. The number of ether oxygens (including phenoxy) is 2. The Balaban J connectivity index is 1.72. The molecule has 0 aliphatic heterocycles. The molecule has 172 valence electrons. The Morgan fingerprint density at radius 1 is 1.21 bits per heavy atom. The van der Waals surface area contributed by atoms with Crippen LogP contribution in [-0.2, 0) is 11.3 Å². The average Bonchev–Trinajstić information content (AvgIpc) is 3.54. The molecule has 4 rings (SSSR count). The van der Waals surface area contributed by atoms with Crippen LogP contribution in [0, 0.1) is 17.2 Å². The molecule has 0 radical (unpaired) electrons. The van der Waals surface area contributed by atoms with Gasteiger partial charge in [-0.25, -0.2) is 13.6 Å². The van der Waals surface area contributed by atoms with Crippen molar-refractivity contribution in [1.29, 1.82) is 5.26 Å². The molecular weight excluding hydrogens is 428 g/mol. The Hall–Kier alpha value is -3.60. The SMILES string of the molecule is CC(C)OC(=O)Nc1ccc(-c2c(C#N)c3ccc(OCC(F)F)cc3n2CC2CC2)cc1. The first kappa shape index (κ1) is 22.6. The third-order valence-electron chi connectivity index (χ3n) is 5.41. The lowest BCUT2D eigenvalue weighted by molar-refractivity contribution is 0.0819. The Bertz CT molecular complexity index is 1190. The van der Waals surface area contributed by atoms with Crippen LogP contribution in [-0.4, -0.2) is 29.8 Å². The standard InChI is InChI=1S/C25H25F2N3O3/c1-15(2)33-25(31)29-18-7-5-17(6-8-18)24-21(12-28)20-10-9-19(32-14-23(26)27)11-22(20)30(24)13-16-3-4-16/h5-11,15-16,23H,3-4,13-14H2,1-2H3,(H,29,31). The van der Waals surface area contributed by atoms with E-state index >= 15 is 0 Å². The van der Waals surface area contributed by atoms with E-state index in [9.17, 15) is 18.8 Å². The number of hydrogen-bond acceptors (Lipinski definition) is 4. The van der Waals surface area contributed by atoms with Gasteiger partial charge in [0.1, 0.15) is 18.4 Å². The van der Waals surface area contributed by atoms with Crippen LogP contribution < -0.4 is 10.1 Å². The predicted molar refractivity (Wildman–Crippen MR) is 122 cm³/mol. The molecule has 1 aliphatic carbocycles. The lowest BCUT2D eigenvalue weighted by Crippen LogP contribution is -2.17. The van der Waals surface area contributed by atoms with Crippen LogP contribution in [0.25, 0.3) is 22.2 Å². The molecular formula is C25H25F2N3O3. The highest BCUT2D eigenvalue weighted by atomic mass is 19.3. The van der Waals surface area contributed by atoms with Gasteiger partial charge in [-0.1, -0.05) is 12.1 Å². The highest BCUT2D eigenvalue weighted by Gasteiger charge is 2.27. The summed E-state index contributed by atoms with van der Waals surface area (Å²) in [6.07, 6.45) is -1.09. The number of nitriles is 1. The number of benzene rings is 2. The molecule has 0 saturated heterocycles. The largest absolute Gasteiger partial charge is 0.488 e. The van der Waals surface area contributed by atoms with E-state index in [0.717, 1.165) is 41.5 Å². The number of carbonyl (C=O) groups is 1. The fraction of sp³-hybridized carbons (Fsp3) is 0.360. The van der Waals surface area contributed by atoms with E-state index in [2.05, 4.69) is 16.0 Å². The maximum Gasteiger partial charge on any atom is 0.411 e. The summed E-state index contributed by atoms with van der Waals surface area (Å²) in [4.78, 5) is 11.9. The minimum absolute atomic E-state index is 0.227. The topological polar surface area (TPSA) is 76.3 Å². The molecule has 1 aliphatic rings. The van der Waals surface area contributed by atoms with Gasteiger partial charge in [-0.2, -0.15) is 5.26 Å². The van der Waals surface area contributed by atoms with Crippen molar-refractivity contribution in [3.8, 4) is 23.1 Å². The third-order valence-corrected chi connectivity index (χ3v) is 5.41. The van der Waals surface area contributed by atoms with E-state index in [1.54, 1.807) is 44.2 Å². The highest BCUT2D eigenvalue weighted by Crippen LogP contribution is 2.39. The van der Waals surface area contributed by atoms with Gasteiger partial charge in [0, 0.05) is 23.7 Å². The number of carbonyl (C=O) groups excluding carboxylic acids is 1. The summed E-state index contributed by atoms with van der Waals surface area (Å²) in [7, 11) is 0. The van der Waals surface area contributed by atoms with Gasteiger partial charge >= 0.3 is 6.09 Å². The number of aromatic nitrogens is 1. The monoisotopic (exact) mass is 453 g/mol. The van der Waals surface area contributed by atoms with Gasteiger partial charge in [0.05, 0.1) is 22.9 Å². The van der Waals surface area contributed by atoms with Gasteiger partial charge in [-0.05, 0) is 62.4 Å². The van der Waals surface area contributed by atoms with Gasteiger partial charge in [-0.15, -0.1) is 0 Å². The molecule has 1 fully saturated rings. The minimum atomic E-state index is -2.56. The Morgan fingerprint density at radius 2 is 1.94 bits per heavy atom. The van der Waals surface area contributed by atoms with E-state index < -0.39 is 19.1 Å². The molecule has 1 amide bonds. The molecule has 0 unspecified atom stereocenters. The normalized spacial score (nSPS) is 13.4. The predicted octanol–water partition coefficient (Wildman–Crippen LogP) is 6.19. The molecule has 8 heteroatoms. The number of rotatable bonds is 8. The zero-order valence-corrected chi connectivity index (χ0v) is 18.5. The second kappa shape index (κ2) is 9.49. The number of hydrogen-bond donors (Lipinski definition) is 1. The van der Waals surface area contributed by atoms with Crippen molar-refractivity contribution >= 4 is 22.7 Å². The number of amides is 1. The van der Waals surface area contributed by atoms with Crippen molar-refractivity contribution in [2.24, 2.45) is 5.92 Å². The van der Waals surface area contributed by atoms with Crippen LogP contribution in [0.4, 0.5) is 19.3 Å². The molecule has 0 spiro atoms. The number of halogens is 2. The average molecular weight is 453 g/mol. The van der Waals surface area contributed by atoms with Gasteiger partial charge in [0.25, 0.3) is 6.43 Å². The Kier molecular flexibility index (Phi) is 6.50. The number of nitrogens with zero attached hydrogens (tertiary/aromatic N) is 2. The summed E-state index contributed by atoms with van der Waals surface area (Å²) in [5, 5.41) is 13.4. The highest BCUT2D eigenvalue weighted by molar-refractivity contribution is 5.95. The van der Waals surface area contributed by atoms with Crippen molar-refractivity contribution < 1.29 is 23.0 Å². The molecule has 2 aromatic carbocycles. The van der Waals surface area contributed by atoms with E-state index in [1.165, 1.54) is 0 Å². The number of anilines is 1. The van der Waals surface area contributed by atoms with Crippen molar-refractivity contribution in [1.82, 2.24) is 4.57 Å². The maximum absolute atomic E-state index is 12.6. The van der Waals surface area contributed by atoms with Crippen LogP contribution in [0.15, 0.2) is 42.5 Å². The van der Waals surface area contributed by atoms with Crippen LogP contribution in [0.5, 0.6) is 5.75 Å². The van der Waals surface area contributed by atoms with Crippen LogP contribution in [0.3, 0.4) is 0 Å². The zero-order chi connectivity index (χ0) is 23.5.